The van der Waals surface area contributed by atoms with Crippen LogP contribution in [0.15, 0.2) is 53.7 Å². The Balaban J connectivity index is 1.83. The predicted octanol–water partition coefficient (Wildman–Crippen LogP) is 2.93. The lowest BCUT2D eigenvalue weighted by Crippen LogP contribution is -2.39. The molecule has 0 atom stereocenters. The molecule has 0 aliphatic carbocycles. The standard InChI is InChI=1S/C18H22F2N4O/c1-21-18(23-12-10-15-5-3-4-11-22-15)24(2)13-14-6-8-16(9-7-14)25-17(19)20/h3-9,11,17H,10,12-13H2,1-2H3,(H,21,23). The number of halogens is 2. The highest BCUT2D eigenvalue weighted by atomic mass is 19.3. The first-order valence-electron chi connectivity index (χ1n) is 7.94. The van der Waals surface area contributed by atoms with E-state index in [0.717, 1.165) is 30.2 Å². The third-order valence-electron chi connectivity index (χ3n) is 3.53. The van der Waals surface area contributed by atoms with Crippen LogP contribution < -0.4 is 10.1 Å². The predicted molar refractivity (Wildman–Crippen MR) is 93.8 cm³/mol. The van der Waals surface area contributed by atoms with Crippen molar-refractivity contribution in [1.29, 1.82) is 0 Å². The molecule has 0 spiro atoms. The Morgan fingerprint density at radius 2 is 2.00 bits per heavy atom. The van der Waals surface area contributed by atoms with Gasteiger partial charge in [0.2, 0.25) is 0 Å². The molecule has 0 fully saturated rings. The van der Waals surface area contributed by atoms with E-state index in [1.54, 1.807) is 25.4 Å². The molecule has 0 amide bonds. The van der Waals surface area contributed by atoms with E-state index in [-0.39, 0.29) is 5.75 Å². The maximum atomic E-state index is 12.2. The van der Waals surface area contributed by atoms with Crippen LogP contribution in [0.2, 0.25) is 0 Å². The average molecular weight is 348 g/mol. The molecule has 1 aromatic carbocycles. The van der Waals surface area contributed by atoms with Crippen LogP contribution in [-0.2, 0) is 13.0 Å². The average Bonchev–Trinajstić information content (AvgIpc) is 2.61. The van der Waals surface area contributed by atoms with Crippen molar-refractivity contribution in [2.75, 3.05) is 20.6 Å². The Bertz CT molecular complexity index is 663. The molecule has 25 heavy (non-hydrogen) atoms. The minimum Gasteiger partial charge on any atom is -0.435 e. The van der Waals surface area contributed by atoms with Gasteiger partial charge in [0, 0.05) is 45.5 Å². The lowest BCUT2D eigenvalue weighted by Gasteiger charge is -2.22. The zero-order chi connectivity index (χ0) is 18.1. The third-order valence-corrected chi connectivity index (χ3v) is 3.53. The van der Waals surface area contributed by atoms with Gasteiger partial charge >= 0.3 is 6.61 Å². The maximum absolute atomic E-state index is 12.2. The number of hydrogen-bond acceptors (Lipinski definition) is 3. The summed E-state index contributed by atoms with van der Waals surface area (Å²) in [6.45, 7) is -1.50. The van der Waals surface area contributed by atoms with E-state index in [4.69, 9.17) is 0 Å². The first-order chi connectivity index (χ1) is 12.1. The number of nitrogens with one attached hydrogen (secondary N) is 1. The minimum atomic E-state index is -2.81. The highest BCUT2D eigenvalue weighted by molar-refractivity contribution is 5.79. The highest BCUT2D eigenvalue weighted by Gasteiger charge is 2.08. The van der Waals surface area contributed by atoms with Crippen molar-refractivity contribution in [1.82, 2.24) is 15.2 Å². The lowest BCUT2D eigenvalue weighted by atomic mass is 10.2. The first-order valence-corrected chi connectivity index (χ1v) is 7.94. The van der Waals surface area contributed by atoms with Crippen molar-refractivity contribution >= 4 is 5.96 Å². The lowest BCUT2D eigenvalue weighted by molar-refractivity contribution is -0.0498. The third kappa shape index (κ3) is 6.37. The van der Waals surface area contributed by atoms with Crippen LogP contribution >= 0.6 is 0 Å². The highest BCUT2D eigenvalue weighted by Crippen LogP contribution is 2.15. The van der Waals surface area contributed by atoms with E-state index in [1.807, 2.05) is 30.1 Å². The van der Waals surface area contributed by atoms with E-state index < -0.39 is 6.61 Å². The topological polar surface area (TPSA) is 49.8 Å². The molecule has 2 aromatic rings. The normalized spacial score (nSPS) is 11.5. The van der Waals surface area contributed by atoms with Gasteiger partial charge in [-0.15, -0.1) is 0 Å². The molecule has 0 saturated carbocycles. The summed E-state index contributed by atoms with van der Waals surface area (Å²) < 4.78 is 28.7. The van der Waals surface area contributed by atoms with Crippen LogP contribution in [0.1, 0.15) is 11.3 Å². The molecule has 0 saturated heterocycles. The van der Waals surface area contributed by atoms with Gasteiger partial charge in [0.15, 0.2) is 5.96 Å². The summed E-state index contributed by atoms with van der Waals surface area (Å²) in [5.74, 6) is 0.906. The smallest absolute Gasteiger partial charge is 0.387 e. The summed E-state index contributed by atoms with van der Waals surface area (Å²) in [5.41, 5.74) is 1.99. The fourth-order valence-electron chi connectivity index (χ4n) is 2.36. The van der Waals surface area contributed by atoms with Gasteiger partial charge in [-0.25, -0.2) is 0 Å². The Labute approximate surface area is 146 Å². The summed E-state index contributed by atoms with van der Waals surface area (Å²) in [6.07, 6.45) is 2.57. The summed E-state index contributed by atoms with van der Waals surface area (Å²) in [7, 11) is 3.64. The van der Waals surface area contributed by atoms with Crippen LogP contribution in [0, 0.1) is 0 Å². The summed E-state index contributed by atoms with van der Waals surface area (Å²) in [6, 6.07) is 12.4. The number of alkyl halides is 2. The van der Waals surface area contributed by atoms with E-state index in [2.05, 4.69) is 20.0 Å². The van der Waals surface area contributed by atoms with Crippen molar-refractivity contribution < 1.29 is 13.5 Å². The molecule has 1 aromatic heterocycles. The second-order valence-electron chi connectivity index (χ2n) is 5.42. The zero-order valence-electron chi connectivity index (χ0n) is 14.3. The number of aromatic nitrogens is 1. The van der Waals surface area contributed by atoms with Crippen molar-refractivity contribution in [3.05, 3.63) is 59.9 Å². The van der Waals surface area contributed by atoms with E-state index in [0.29, 0.717) is 6.54 Å². The number of hydrogen-bond donors (Lipinski definition) is 1. The van der Waals surface area contributed by atoms with Crippen molar-refractivity contribution in [3.8, 4) is 5.75 Å². The summed E-state index contributed by atoms with van der Waals surface area (Å²) >= 11 is 0. The van der Waals surface area contributed by atoms with Crippen LogP contribution in [0.3, 0.4) is 0 Å². The number of aliphatic imine (C=N–C) groups is 1. The summed E-state index contributed by atoms with van der Waals surface area (Å²) in [5, 5.41) is 3.29. The second kappa shape index (κ2) is 9.56. The Hall–Kier alpha value is -2.70. The van der Waals surface area contributed by atoms with Gasteiger partial charge in [0.1, 0.15) is 5.75 Å². The molecule has 0 aliphatic rings. The Kier molecular flexibility index (Phi) is 7.13. The fourth-order valence-corrected chi connectivity index (χ4v) is 2.36. The molecular formula is C18H22F2N4O. The van der Waals surface area contributed by atoms with E-state index in [9.17, 15) is 8.78 Å². The number of ether oxygens (including phenoxy) is 1. The number of rotatable bonds is 7. The fraction of sp³-hybridized carbons (Fsp3) is 0.333. The van der Waals surface area contributed by atoms with Crippen molar-refractivity contribution in [2.45, 2.75) is 19.6 Å². The molecular weight excluding hydrogens is 326 g/mol. The second-order valence-corrected chi connectivity index (χ2v) is 5.42. The molecule has 0 unspecified atom stereocenters. The quantitative estimate of drug-likeness (QED) is 0.617. The van der Waals surface area contributed by atoms with Crippen LogP contribution in [0.4, 0.5) is 8.78 Å². The molecule has 5 nitrogen and oxygen atoms in total. The summed E-state index contributed by atoms with van der Waals surface area (Å²) in [4.78, 5) is 10.5. The largest absolute Gasteiger partial charge is 0.435 e. The van der Waals surface area contributed by atoms with Gasteiger partial charge in [-0.2, -0.15) is 8.78 Å². The van der Waals surface area contributed by atoms with Crippen LogP contribution in [-0.4, -0.2) is 43.1 Å². The number of guanidine groups is 1. The monoisotopic (exact) mass is 348 g/mol. The molecule has 2 rings (SSSR count). The van der Waals surface area contributed by atoms with Crippen LogP contribution in [0.25, 0.3) is 0 Å². The van der Waals surface area contributed by atoms with Gasteiger partial charge in [-0.3, -0.25) is 9.98 Å². The molecule has 1 heterocycles. The van der Waals surface area contributed by atoms with Gasteiger partial charge < -0.3 is 15.0 Å². The van der Waals surface area contributed by atoms with Crippen LogP contribution in [0.5, 0.6) is 5.75 Å². The molecule has 0 aliphatic heterocycles. The minimum absolute atomic E-state index is 0.152. The molecule has 7 heteroatoms. The molecule has 0 bridgehead atoms. The van der Waals surface area contributed by atoms with E-state index >= 15 is 0 Å². The van der Waals surface area contributed by atoms with Crippen molar-refractivity contribution in [3.63, 3.8) is 0 Å². The number of nitrogens with zero attached hydrogens (tertiary/aromatic N) is 3. The van der Waals surface area contributed by atoms with Gasteiger partial charge in [0.05, 0.1) is 0 Å². The van der Waals surface area contributed by atoms with Gasteiger partial charge in [0.25, 0.3) is 0 Å². The Morgan fingerprint density at radius 1 is 1.24 bits per heavy atom. The number of pyridine rings is 1. The van der Waals surface area contributed by atoms with Gasteiger partial charge in [-0.1, -0.05) is 18.2 Å². The van der Waals surface area contributed by atoms with Gasteiger partial charge in [-0.05, 0) is 29.8 Å². The molecule has 134 valence electrons. The number of benzene rings is 1. The first kappa shape index (κ1) is 18.6. The van der Waals surface area contributed by atoms with Crippen molar-refractivity contribution in [2.24, 2.45) is 4.99 Å². The Morgan fingerprint density at radius 3 is 2.60 bits per heavy atom. The molecule has 1 N–H and O–H groups in total. The zero-order valence-corrected chi connectivity index (χ0v) is 14.3. The molecule has 0 radical (unpaired) electrons. The SMILES string of the molecule is CN=C(NCCc1ccccn1)N(C)Cc1ccc(OC(F)F)cc1. The van der Waals surface area contributed by atoms with E-state index in [1.165, 1.54) is 12.1 Å². The maximum Gasteiger partial charge on any atom is 0.387 e.